The smallest absolute Gasteiger partial charge is 0.329 e. The van der Waals surface area contributed by atoms with Gasteiger partial charge in [0.25, 0.3) is 0 Å². The third-order valence-electron chi connectivity index (χ3n) is 7.82. The van der Waals surface area contributed by atoms with Gasteiger partial charge in [-0.3, -0.25) is 9.13 Å². The monoisotopic (exact) mass is 636 g/mol. The normalized spacial score (nSPS) is 14.7. The van der Waals surface area contributed by atoms with Gasteiger partial charge in [0.2, 0.25) is 0 Å². The molecule has 0 unspecified atom stereocenters. The zero-order valence-electron chi connectivity index (χ0n) is 26.2. The molecular formula is C32H41ClN8O4. The van der Waals surface area contributed by atoms with Crippen LogP contribution in [-0.2, 0) is 0 Å². The van der Waals surface area contributed by atoms with Crippen LogP contribution in [0, 0.1) is 13.8 Å². The molecule has 240 valence electrons. The highest BCUT2D eigenvalue weighted by Gasteiger charge is 2.24. The summed E-state index contributed by atoms with van der Waals surface area (Å²) in [6.07, 6.45) is 9.68. The highest BCUT2D eigenvalue weighted by molar-refractivity contribution is 5.85. The molecule has 2 fully saturated rings. The van der Waals surface area contributed by atoms with Crippen molar-refractivity contribution in [2.24, 2.45) is 0 Å². The summed E-state index contributed by atoms with van der Waals surface area (Å²) >= 11 is 0. The van der Waals surface area contributed by atoms with Crippen molar-refractivity contribution in [1.29, 1.82) is 0 Å². The number of methoxy groups -OCH3 is 2. The van der Waals surface area contributed by atoms with Crippen molar-refractivity contribution in [3.8, 4) is 11.5 Å². The predicted molar refractivity (Wildman–Crippen MR) is 176 cm³/mol. The fourth-order valence-electron chi connectivity index (χ4n) is 5.49. The molecule has 6 rings (SSSR count). The average Bonchev–Trinajstić information content (AvgIpc) is 3.80. The quantitative estimate of drug-likeness (QED) is 0.325. The van der Waals surface area contributed by atoms with Crippen LogP contribution >= 0.6 is 12.4 Å². The van der Waals surface area contributed by atoms with Crippen LogP contribution < -0.4 is 19.3 Å². The molecule has 2 aromatic carbocycles. The molecule has 2 aromatic heterocycles. The van der Waals surface area contributed by atoms with E-state index in [0.29, 0.717) is 13.1 Å². The van der Waals surface area contributed by atoms with Crippen molar-refractivity contribution >= 4 is 35.8 Å². The number of aromatic nitrogens is 4. The Labute approximate surface area is 270 Å². The molecule has 0 N–H and O–H groups in total. The molecule has 12 nitrogen and oxygen atoms in total. The minimum Gasteiger partial charge on any atom is -0.497 e. The maximum atomic E-state index is 12.3. The first-order chi connectivity index (χ1) is 21.3. The van der Waals surface area contributed by atoms with Gasteiger partial charge < -0.3 is 29.1 Å². The standard InChI is InChI=1S/C16H20N4O3.C16H20N4O.ClH/c1-22-14-9-13(10-15(11-14)23-2)18-5-7-19(8-6-18)16(21)20-4-3-17-12-20;1-13-9-14(2)11-15(10-13)18-5-7-19(8-6-18)16(21)20-4-3-17-12-20;/h3-4,9-12H,5-8H2,1-2H3;3-4,9-12H,5-8H2,1-2H3;1H. The van der Waals surface area contributed by atoms with Crippen LogP contribution in [0.5, 0.6) is 11.5 Å². The number of ether oxygens (including phenoxy) is 2. The van der Waals surface area contributed by atoms with Gasteiger partial charge in [-0.1, -0.05) is 6.07 Å². The summed E-state index contributed by atoms with van der Waals surface area (Å²) in [7, 11) is 3.28. The van der Waals surface area contributed by atoms with E-state index in [2.05, 4.69) is 51.8 Å². The molecule has 2 saturated heterocycles. The lowest BCUT2D eigenvalue weighted by Crippen LogP contribution is -2.49. The van der Waals surface area contributed by atoms with Gasteiger partial charge in [-0.2, -0.15) is 0 Å². The molecule has 0 saturated carbocycles. The summed E-state index contributed by atoms with van der Waals surface area (Å²) < 4.78 is 13.7. The number of halogens is 1. The van der Waals surface area contributed by atoms with Gasteiger partial charge in [0, 0.05) is 107 Å². The van der Waals surface area contributed by atoms with Crippen molar-refractivity contribution in [1.82, 2.24) is 28.9 Å². The molecule has 0 aliphatic carbocycles. The van der Waals surface area contributed by atoms with Gasteiger partial charge in [-0.25, -0.2) is 19.6 Å². The van der Waals surface area contributed by atoms with Crippen LogP contribution in [0.4, 0.5) is 21.0 Å². The van der Waals surface area contributed by atoms with Crippen molar-refractivity contribution in [3.05, 3.63) is 85.0 Å². The second-order valence-electron chi connectivity index (χ2n) is 10.9. The van der Waals surface area contributed by atoms with E-state index in [1.807, 2.05) is 28.0 Å². The van der Waals surface area contributed by atoms with Gasteiger partial charge in [0.15, 0.2) is 0 Å². The van der Waals surface area contributed by atoms with E-state index in [4.69, 9.17) is 9.47 Å². The minimum atomic E-state index is -0.0367. The number of rotatable bonds is 4. The Morgan fingerprint density at radius 3 is 1.36 bits per heavy atom. The van der Waals surface area contributed by atoms with E-state index in [1.165, 1.54) is 32.3 Å². The maximum absolute atomic E-state index is 12.3. The summed E-state index contributed by atoms with van der Waals surface area (Å²) in [4.78, 5) is 40.7. The molecule has 2 aliphatic rings. The number of carbonyl (C=O) groups excluding carboxylic acids is 2. The molecule has 13 heteroatoms. The van der Waals surface area contributed by atoms with Gasteiger partial charge >= 0.3 is 12.1 Å². The van der Waals surface area contributed by atoms with Gasteiger partial charge in [-0.15, -0.1) is 12.4 Å². The Balaban J connectivity index is 0.000000201. The third-order valence-corrected chi connectivity index (χ3v) is 7.82. The van der Waals surface area contributed by atoms with E-state index in [-0.39, 0.29) is 24.5 Å². The zero-order valence-corrected chi connectivity index (χ0v) is 27.0. The van der Waals surface area contributed by atoms with Crippen molar-refractivity contribution in [2.45, 2.75) is 13.8 Å². The van der Waals surface area contributed by atoms with Crippen LogP contribution in [-0.4, -0.2) is 108 Å². The summed E-state index contributed by atoms with van der Waals surface area (Å²) in [6, 6.07) is 12.4. The molecule has 45 heavy (non-hydrogen) atoms. The topological polar surface area (TPSA) is 101 Å². The number of anilines is 2. The lowest BCUT2D eigenvalue weighted by molar-refractivity contribution is 0.195. The fraction of sp³-hybridized carbons (Fsp3) is 0.375. The van der Waals surface area contributed by atoms with Crippen LogP contribution in [0.3, 0.4) is 0 Å². The number of hydrogen-bond donors (Lipinski definition) is 0. The molecule has 2 aliphatic heterocycles. The van der Waals surface area contributed by atoms with Crippen molar-refractivity contribution in [3.63, 3.8) is 0 Å². The van der Waals surface area contributed by atoms with Crippen LogP contribution in [0.2, 0.25) is 0 Å². The average molecular weight is 637 g/mol. The first kappa shape index (κ1) is 33.2. The number of aryl methyl sites for hydroxylation is 2. The Hall–Kier alpha value is -4.71. The molecule has 4 aromatic rings. The molecular weight excluding hydrogens is 596 g/mol. The lowest BCUT2D eigenvalue weighted by atomic mass is 10.1. The van der Waals surface area contributed by atoms with E-state index in [9.17, 15) is 9.59 Å². The van der Waals surface area contributed by atoms with Crippen LogP contribution in [0.15, 0.2) is 73.8 Å². The van der Waals surface area contributed by atoms with Gasteiger partial charge in [0.05, 0.1) is 14.2 Å². The molecule has 0 bridgehead atoms. The second-order valence-corrected chi connectivity index (χ2v) is 10.9. The molecule has 0 atom stereocenters. The fourth-order valence-corrected chi connectivity index (χ4v) is 5.49. The number of hydrogen-bond acceptors (Lipinski definition) is 8. The summed E-state index contributed by atoms with van der Waals surface area (Å²) in [5.74, 6) is 1.52. The number of piperazine rings is 2. The summed E-state index contributed by atoms with van der Waals surface area (Å²) in [5, 5.41) is 0. The second kappa shape index (κ2) is 15.3. The first-order valence-corrected chi connectivity index (χ1v) is 14.7. The zero-order chi connectivity index (χ0) is 31.1. The first-order valence-electron chi connectivity index (χ1n) is 14.7. The number of nitrogens with zero attached hydrogens (tertiary/aromatic N) is 8. The van der Waals surface area contributed by atoms with Gasteiger partial charge in [-0.05, 0) is 37.1 Å². The molecule has 0 spiro atoms. The lowest BCUT2D eigenvalue weighted by Gasteiger charge is -2.36. The summed E-state index contributed by atoms with van der Waals surface area (Å²) in [5.41, 5.74) is 4.85. The summed E-state index contributed by atoms with van der Waals surface area (Å²) in [6.45, 7) is 10.3. The van der Waals surface area contributed by atoms with E-state index >= 15 is 0 Å². The molecule has 0 radical (unpaired) electrons. The number of carbonyl (C=O) groups is 2. The third kappa shape index (κ3) is 8.27. The number of amides is 2. The highest BCUT2D eigenvalue weighted by Crippen LogP contribution is 2.29. The van der Waals surface area contributed by atoms with E-state index in [1.54, 1.807) is 45.3 Å². The molecule has 2 amide bonds. The van der Waals surface area contributed by atoms with E-state index in [0.717, 1.165) is 56.5 Å². The Bertz CT molecular complexity index is 1490. The van der Waals surface area contributed by atoms with Crippen molar-refractivity contribution in [2.75, 3.05) is 76.4 Å². The maximum Gasteiger partial charge on any atom is 0.329 e. The molecule has 4 heterocycles. The van der Waals surface area contributed by atoms with Crippen molar-refractivity contribution < 1.29 is 19.1 Å². The van der Waals surface area contributed by atoms with Crippen LogP contribution in [0.1, 0.15) is 11.1 Å². The number of benzene rings is 2. The SMILES string of the molecule is COc1cc(OC)cc(N2CCN(C(=O)n3ccnc3)CC2)c1.Cc1cc(C)cc(N2CCN(C(=O)n3ccnc3)CC2)c1.Cl. The van der Waals surface area contributed by atoms with Gasteiger partial charge in [0.1, 0.15) is 24.2 Å². The van der Waals surface area contributed by atoms with Crippen LogP contribution in [0.25, 0.3) is 0 Å². The van der Waals surface area contributed by atoms with E-state index < -0.39 is 0 Å². The highest BCUT2D eigenvalue weighted by atomic mass is 35.5. The number of imidazole rings is 2. The Morgan fingerprint density at radius 2 is 1.00 bits per heavy atom. The Morgan fingerprint density at radius 1 is 0.600 bits per heavy atom. The predicted octanol–water partition coefficient (Wildman–Crippen LogP) is 4.40. The minimum absolute atomic E-state index is 0. The Kier molecular flexibility index (Phi) is 11.3. The largest absolute Gasteiger partial charge is 0.497 e.